The number of unbranched alkanes of at least 4 members (excludes halogenated alkanes) is 2. The minimum atomic E-state index is -4.39. The van der Waals surface area contributed by atoms with E-state index in [-0.39, 0.29) is 24.4 Å². The van der Waals surface area contributed by atoms with Gasteiger partial charge in [0.25, 0.3) is 11.8 Å². The second kappa shape index (κ2) is 15.3. The molecular weight excluding hydrogens is 543 g/mol. The maximum Gasteiger partial charge on any atom is 0.344 e. The van der Waals surface area contributed by atoms with E-state index in [2.05, 4.69) is 16.0 Å². The predicted octanol–water partition coefficient (Wildman–Crippen LogP) is 2.75. The van der Waals surface area contributed by atoms with Crippen molar-refractivity contribution in [3.8, 4) is 11.3 Å². The molecule has 1 unspecified atom stereocenters. The number of furan rings is 1. The van der Waals surface area contributed by atoms with Gasteiger partial charge in [0.05, 0.1) is 18.6 Å². The molecule has 0 saturated carbocycles. The van der Waals surface area contributed by atoms with Gasteiger partial charge in [0.2, 0.25) is 12.3 Å². The fourth-order valence-corrected chi connectivity index (χ4v) is 4.58. The van der Waals surface area contributed by atoms with Gasteiger partial charge in [-0.25, -0.2) is 5.06 Å². The van der Waals surface area contributed by atoms with Gasteiger partial charge in [-0.2, -0.15) is 0 Å². The highest BCUT2D eigenvalue weighted by molar-refractivity contribution is 7.51. The first kappa shape index (κ1) is 32.7. The molecule has 0 saturated heterocycles. The van der Waals surface area contributed by atoms with Crippen molar-refractivity contribution in [2.75, 3.05) is 13.0 Å². The van der Waals surface area contributed by atoms with E-state index >= 15 is 0 Å². The zero-order valence-corrected chi connectivity index (χ0v) is 23.6. The lowest BCUT2D eigenvalue weighted by molar-refractivity contribution is -0.168. The molecule has 2 atom stereocenters. The average Bonchev–Trinajstić information content (AvgIpc) is 3.41. The summed E-state index contributed by atoms with van der Waals surface area (Å²) < 4.78 is 16.6. The maximum atomic E-state index is 12.9. The Hall–Kier alpha value is -3.51. The number of hydroxylamine groups is 2. The van der Waals surface area contributed by atoms with Gasteiger partial charge >= 0.3 is 7.60 Å². The molecule has 0 bridgehead atoms. The highest BCUT2D eigenvalue weighted by Crippen LogP contribution is 2.32. The van der Waals surface area contributed by atoms with Crippen molar-refractivity contribution in [1.82, 2.24) is 21.0 Å². The zero-order valence-electron chi connectivity index (χ0n) is 22.8. The van der Waals surface area contributed by atoms with Crippen LogP contribution in [0.2, 0.25) is 0 Å². The number of amides is 4. The SMILES string of the molecule is CCCCCC(C(=O)NCNC(=O)c1ccc(-c2ccc(C(=O)NCP(=O)(O)O)c(C)c2)o1)[C@@H](CC)N(O)C=O. The molecule has 14 heteroatoms. The van der Waals surface area contributed by atoms with Crippen LogP contribution < -0.4 is 16.0 Å². The third-order valence-electron chi connectivity index (χ3n) is 6.33. The number of nitrogens with zero attached hydrogens (tertiary/aromatic N) is 1. The minimum Gasteiger partial charge on any atom is -0.451 e. The molecule has 0 aliphatic rings. The van der Waals surface area contributed by atoms with E-state index in [9.17, 15) is 29.0 Å². The summed E-state index contributed by atoms with van der Waals surface area (Å²) >= 11 is 0. The number of rotatable bonds is 16. The Morgan fingerprint density at radius 3 is 2.38 bits per heavy atom. The molecule has 6 N–H and O–H groups in total. The molecule has 4 amide bonds. The molecule has 1 aromatic heterocycles. The fourth-order valence-electron chi connectivity index (χ4n) is 4.23. The summed E-state index contributed by atoms with van der Waals surface area (Å²) in [6.45, 7) is 5.25. The number of nitrogens with one attached hydrogen (secondary N) is 3. The van der Waals surface area contributed by atoms with Gasteiger partial charge in [0.15, 0.2) is 5.76 Å². The quantitative estimate of drug-likeness (QED) is 0.0431. The van der Waals surface area contributed by atoms with Crippen molar-refractivity contribution in [2.45, 2.75) is 58.9 Å². The van der Waals surface area contributed by atoms with Crippen molar-refractivity contribution in [1.29, 1.82) is 0 Å². The molecule has 0 aliphatic carbocycles. The molecule has 1 heterocycles. The third kappa shape index (κ3) is 9.60. The standard InChI is InChI=1S/C26H37N4O9P/c1-4-6-7-8-20(21(5-2)30(35)16-31)25(33)27-14-28-26(34)23-12-11-22(39-23)18-9-10-19(17(3)13-18)24(32)29-15-40(36,37)38/h9-13,16,20-21,35H,4-8,14-15H2,1-3H3,(H,27,33)(H,28,34)(H,29,32)(H2,36,37,38)/t20?,21-/m1/s1. The highest BCUT2D eigenvalue weighted by atomic mass is 31.2. The van der Waals surface area contributed by atoms with Gasteiger partial charge in [-0.15, -0.1) is 0 Å². The second-order valence-electron chi connectivity index (χ2n) is 9.31. The van der Waals surface area contributed by atoms with Crippen molar-refractivity contribution >= 4 is 31.7 Å². The van der Waals surface area contributed by atoms with Crippen LogP contribution >= 0.6 is 7.60 Å². The van der Waals surface area contributed by atoms with Crippen LogP contribution in [0.3, 0.4) is 0 Å². The van der Waals surface area contributed by atoms with Crippen LogP contribution in [-0.4, -0.2) is 63.2 Å². The Labute approximate surface area is 232 Å². The molecule has 0 radical (unpaired) electrons. The highest BCUT2D eigenvalue weighted by Gasteiger charge is 2.30. The lowest BCUT2D eigenvalue weighted by Crippen LogP contribution is -2.47. The lowest BCUT2D eigenvalue weighted by Gasteiger charge is -2.29. The molecular formula is C26H37N4O9P. The maximum absolute atomic E-state index is 12.9. The van der Waals surface area contributed by atoms with E-state index in [1.165, 1.54) is 12.1 Å². The Kier molecular flexibility index (Phi) is 12.5. The van der Waals surface area contributed by atoms with E-state index in [0.717, 1.165) is 19.3 Å². The monoisotopic (exact) mass is 580 g/mol. The van der Waals surface area contributed by atoms with Crippen LogP contribution in [0.25, 0.3) is 11.3 Å². The molecule has 0 aliphatic heterocycles. The van der Waals surface area contributed by atoms with E-state index in [4.69, 9.17) is 14.2 Å². The summed E-state index contributed by atoms with van der Waals surface area (Å²) in [6.07, 6.45) is 2.94. The van der Waals surface area contributed by atoms with Gasteiger partial charge in [-0.3, -0.25) is 29.0 Å². The van der Waals surface area contributed by atoms with Crippen molar-refractivity contribution in [2.24, 2.45) is 5.92 Å². The van der Waals surface area contributed by atoms with Crippen LogP contribution in [0.4, 0.5) is 0 Å². The summed E-state index contributed by atoms with van der Waals surface area (Å²) in [5, 5.41) is 17.8. The smallest absolute Gasteiger partial charge is 0.344 e. The molecule has 2 rings (SSSR count). The van der Waals surface area contributed by atoms with E-state index < -0.39 is 43.6 Å². The first-order valence-electron chi connectivity index (χ1n) is 12.9. The average molecular weight is 581 g/mol. The molecule has 2 aromatic rings. The summed E-state index contributed by atoms with van der Waals surface area (Å²) in [5.74, 6) is -1.93. The van der Waals surface area contributed by atoms with Crippen molar-refractivity contribution in [3.05, 3.63) is 47.2 Å². The molecule has 0 fully saturated rings. The zero-order chi connectivity index (χ0) is 29.9. The Morgan fingerprint density at radius 2 is 1.77 bits per heavy atom. The number of hydrogen-bond acceptors (Lipinski definition) is 7. The van der Waals surface area contributed by atoms with Crippen LogP contribution in [-0.2, 0) is 14.2 Å². The molecule has 13 nitrogen and oxygen atoms in total. The first-order valence-corrected chi connectivity index (χ1v) is 14.7. The van der Waals surface area contributed by atoms with Gasteiger partial charge in [-0.05, 0) is 49.6 Å². The first-order chi connectivity index (χ1) is 18.9. The van der Waals surface area contributed by atoms with E-state index in [1.54, 1.807) is 32.0 Å². The van der Waals surface area contributed by atoms with E-state index in [0.29, 0.717) is 34.8 Å². The van der Waals surface area contributed by atoms with E-state index in [1.807, 2.05) is 6.92 Å². The lowest BCUT2D eigenvalue weighted by atomic mass is 9.90. The van der Waals surface area contributed by atoms with Crippen LogP contribution in [0.1, 0.15) is 72.4 Å². The third-order valence-corrected chi connectivity index (χ3v) is 6.90. The predicted molar refractivity (Wildman–Crippen MR) is 145 cm³/mol. The molecule has 220 valence electrons. The van der Waals surface area contributed by atoms with Crippen molar-refractivity contribution < 1.29 is 43.2 Å². The Morgan fingerprint density at radius 1 is 1.05 bits per heavy atom. The second-order valence-corrected chi connectivity index (χ2v) is 11.0. The molecule has 40 heavy (non-hydrogen) atoms. The Balaban J connectivity index is 2.00. The molecule has 0 spiro atoms. The largest absolute Gasteiger partial charge is 0.451 e. The van der Waals surface area contributed by atoms with Gasteiger partial charge in [0.1, 0.15) is 12.0 Å². The minimum absolute atomic E-state index is 0.0150. The Bertz CT molecular complexity index is 1230. The summed E-state index contributed by atoms with van der Waals surface area (Å²) in [4.78, 5) is 66.6. The van der Waals surface area contributed by atoms with Gasteiger partial charge < -0.3 is 30.2 Å². The number of carbonyl (C=O) groups is 4. The summed E-state index contributed by atoms with van der Waals surface area (Å²) in [7, 11) is -4.39. The van der Waals surface area contributed by atoms with Crippen molar-refractivity contribution in [3.63, 3.8) is 0 Å². The fraction of sp³-hybridized carbons (Fsp3) is 0.462. The number of carbonyl (C=O) groups excluding carboxylic acids is 4. The summed E-state index contributed by atoms with van der Waals surface area (Å²) in [5.41, 5.74) is 1.33. The number of aryl methyl sites for hydroxylation is 1. The van der Waals surface area contributed by atoms with Gasteiger partial charge in [0, 0.05) is 11.1 Å². The number of hydrogen-bond donors (Lipinski definition) is 6. The number of benzene rings is 1. The normalized spacial score (nSPS) is 12.8. The summed E-state index contributed by atoms with van der Waals surface area (Å²) in [6, 6.07) is 7.03. The van der Waals surface area contributed by atoms with Crippen LogP contribution in [0, 0.1) is 12.8 Å². The topological polar surface area (TPSA) is 199 Å². The van der Waals surface area contributed by atoms with Crippen LogP contribution in [0.5, 0.6) is 0 Å². The van der Waals surface area contributed by atoms with Gasteiger partial charge in [-0.1, -0.05) is 39.2 Å². The molecule has 1 aromatic carbocycles. The van der Waals surface area contributed by atoms with Crippen LogP contribution in [0.15, 0.2) is 34.7 Å².